The van der Waals surface area contributed by atoms with Crippen molar-refractivity contribution in [2.45, 2.75) is 39.2 Å². The van der Waals surface area contributed by atoms with Crippen LogP contribution in [0.25, 0.3) is 22.4 Å². The maximum absolute atomic E-state index is 14.3. The minimum absolute atomic E-state index is 0.000365. The number of carbonyl (C=O) groups is 2. The monoisotopic (exact) mass is 521 g/mol. The molecule has 1 aromatic heterocycles. The topological polar surface area (TPSA) is 84.5 Å². The van der Waals surface area contributed by atoms with Crippen LogP contribution in [0.3, 0.4) is 0 Å². The number of aromatic amines is 1. The molecule has 10 heteroatoms. The van der Waals surface area contributed by atoms with E-state index in [-0.39, 0.29) is 45.6 Å². The first kappa shape index (κ1) is 25.3. The summed E-state index contributed by atoms with van der Waals surface area (Å²) in [7, 11) is 0. The minimum atomic E-state index is -0.571. The fourth-order valence-electron chi connectivity index (χ4n) is 4.00. The van der Waals surface area contributed by atoms with Crippen LogP contribution in [0.5, 0.6) is 0 Å². The first-order valence-corrected chi connectivity index (χ1v) is 12.1. The number of nitrogens with one attached hydrogen (secondary N) is 1. The molecule has 186 valence electrons. The number of benzene rings is 2. The van der Waals surface area contributed by atoms with Crippen LogP contribution in [0.1, 0.15) is 44.0 Å². The fourth-order valence-corrected chi connectivity index (χ4v) is 4.52. The van der Waals surface area contributed by atoms with Gasteiger partial charge in [0.15, 0.2) is 0 Å². The van der Waals surface area contributed by atoms with E-state index in [1.54, 1.807) is 11.0 Å². The Morgan fingerprint density at radius 2 is 2.00 bits per heavy atom. The van der Waals surface area contributed by atoms with E-state index in [0.717, 1.165) is 12.8 Å². The van der Waals surface area contributed by atoms with Gasteiger partial charge in [0.05, 0.1) is 38.8 Å². The third-order valence-electron chi connectivity index (χ3n) is 5.60. The van der Waals surface area contributed by atoms with Gasteiger partial charge in [-0.25, -0.2) is 19.0 Å². The van der Waals surface area contributed by atoms with Crippen molar-refractivity contribution < 1.29 is 23.5 Å². The number of imidazole rings is 1. The van der Waals surface area contributed by atoms with Crippen molar-refractivity contribution in [2.75, 3.05) is 19.7 Å². The van der Waals surface area contributed by atoms with Crippen LogP contribution in [-0.2, 0) is 9.47 Å². The lowest BCUT2D eigenvalue weighted by molar-refractivity contribution is 0.00886. The van der Waals surface area contributed by atoms with Crippen molar-refractivity contribution in [2.24, 2.45) is 5.92 Å². The number of halogens is 3. The first-order valence-electron chi connectivity index (χ1n) is 11.3. The molecule has 0 spiro atoms. The molecule has 1 unspecified atom stereocenters. The molecule has 1 aliphatic heterocycles. The summed E-state index contributed by atoms with van der Waals surface area (Å²) in [6.07, 6.45) is 1.27. The maximum Gasteiger partial charge on any atom is 0.410 e. The lowest BCUT2D eigenvalue weighted by Crippen LogP contribution is -2.44. The highest BCUT2D eigenvalue weighted by molar-refractivity contribution is 6.35. The Bertz CT molecular complexity index is 1250. The molecule has 2 aromatic carbocycles. The van der Waals surface area contributed by atoms with Crippen LogP contribution in [0, 0.1) is 11.7 Å². The average molecular weight is 522 g/mol. The molecule has 4 rings (SSSR count). The number of amides is 1. The number of likely N-dealkylation sites (tertiary alicyclic amines) is 1. The summed E-state index contributed by atoms with van der Waals surface area (Å²) >= 11 is 12.5. The van der Waals surface area contributed by atoms with E-state index in [2.05, 4.69) is 9.97 Å². The molecule has 3 aromatic rings. The fraction of sp³-hybridized carbons (Fsp3) is 0.400. The van der Waals surface area contributed by atoms with Gasteiger partial charge in [0, 0.05) is 19.0 Å². The van der Waals surface area contributed by atoms with Crippen LogP contribution < -0.4 is 0 Å². The van der Waals surface area contributed by atoms with Crippen molar-refractivity contribution in [1.29, 1.82) is 0 Å². The number of fused-ring (bicyclic) bond motifs is 1. The second-order valence-electron chi connectivity index (χ2n) is 9.57. The van der Waals surface area contributed by atoms with Gasteiger partial charge >= 0.3 is 12.1 Å². The zero-order valence-corrected chi connectivity index (χ0v) is 21.2. The SMILES string of the molecule is CC(C)(C)OC(=O)N1CCCC(COC(=O)c2cc(Cl)c3[nH]c(-c4c(F)cccc4Cl)nc3c2)C1. The average Bonchev–Trinajstić information content (AvgIpc) is 3.20. The van der Waals surface area contributed by atoms with E-state index in [1.807, 2.05) is 20.8 Å². The van der Waals surface area contributed by atoms with Crippen molar-refractivity contribution in [3.63, 3.8) is 0 Å². The molecule has 1 fully saturated rings. The van der Waals surface area contributed by atoms with Gasteiger partial charge in [-0.2, -0.15) is 0 Å². The van der Waals surface area contributed by atoms with Gasteiger partial charge in [0.1, 0.15) is 17.2 Å². The lowest BCUT2D eigenvalue weighted by Gasteiger charge is -2.33. The molecule has 7 nitrogen and oxygen atoms in total. The van der Waals surface area contributed by atoms with Crippen molar-refractivity contribution >= 4 is 46.3 Å². The number of piperidine rings is 1. The van der Waals surface area contributed by atoms with E-state index in [4.69, 9.17) is 32.7 Å². The van der Waals surface area contributed by atoms with Crippen molar-refractivity contribution in [3.8, 4) is 11.4 Å². The Hall–Kier alpha value is -2.84. The zero-order chi connectivity index (χ0) is 25.3. The quantitative estimate of drug-likeness (QED) is 0.397. The van der Waals surface area contributed by atoms with Crippen molar-refractivity contribution in [3.05, 3.63) is 51.8 Å². The Morgan fingerprint density at radius 1 is 1.23 bits per heavy atom. The van der Waals surface area contributed by atoms with E-state index < -0.39 is 17.4 Å². The molecule has 1 amide bonds. The number of H-pyrrole nitrogens is 1. The van der Waals surface area contributed by atoms with E-state index in [0.29, 0.717) is 24.1 Å². The Kier molecular flexibility index (Phi) is 7.24. The van der Waals surface area contributed by atoms with E-state index >= 15 is 0 Å². The Balaban J connectivity index is 1.45. The van der Waals surface area contributed by atoms with Crippen LogP contribution in [0.4, 0.5) is 9.18 Å². The largest absolute Gasteiger partial charge is 0.462 e. The van der Waals surface area contributed by atoms with Crippen molar-refractivity contribution in [1.82, 2.24) is 14.9 Å². The number of carbonyl (C=O) groups excluding carboxylic acids is 2. The summed E-state index contributed by atoms with van der Waals surface area (Å²) in [5.41, 5.74) is 0.612. The molecule has 0 aliphatic carbocycles. The third kappa shape index (κ3) is 5.87. The third-order valence-corrected chi connectivity index (χ3v) is 6.21. The smallest absolute Gasteiger partial charge is 0.410 e. The number of esters is 1. The first-order chi connectivity index (χ1) is 16.5. The van der Waals surface area contributed by atoms with Crippen LogP contribution >= 0.6 is 23.2 Å². The highest BCUT2D eigenvalue weighted by Gasteiger charge is 2.28. The molecular formula is C25H26Cl2FN3O4. The van der Waals surface area contributed by atoms with E-state index in [9.17, 15) is 14.0 Å². The molecule has 1 aliphatic rings. The summed E-state index contributed by atoms with van der Waals surface area (Å²) in [5, 5.41) is 0.446. The van der Waals surface area contributed by atoms with Gasteiger partial charge in [-0.15, -0.1) is 0 Å². The zero-order valence-electron chi connectivity index (χ0n) is 19.7. The van der Waals surface area contributed by atoms with Crippen LogP contribution in [0.2, 0.25) is 10.0 Å². The second-order valence-corrected chi connectivity index (χ2v) is 10.4. The lowest BCUT2D eigenvalue weighted by atomic mass is 9.99. The van der Waals surface area contributed by atoms with E-state index in [1.165, 1.54) is 24.3 Å². The predicted molar refractivity (Wildman–Crippen MR) is 132 cm³/mol. The summed E-state index contributed by atoms with van der Waals surface area (Å²) in [5.74, 6) is -0.878. The number of aromatic nitrogens is 2. The van der Waals surface area contributed by atoms with Crippen LogP contribution in [-0.4, -0.2) is 52.2 Å². The summed E-state index contributed by atoms with van der Waals surface area (Å²) in [4.78, 5) is 34.1. The molecule has 2 heterocycles. The molecule has 0 saturated carbocycles. The highest BCUT2D eigenvalue weighted by Crippen LogP contribution is 2.32. The normalized spacial score (nSPS) is 16.4. The molecule has 35 heavy (non-hydrogen) atoms. The van der Waals surface area contributed by atoms with Gasteiger partial charge in [0.2, 0.25) is 0 Å². The van der Waals surface area contributed by atoms with Gasteiger partial charge in [0.25, 0.3) is 0 Å². The number of hydrogen-bond donors (Lipinski definition) is 1. The number of ether oxygens (including phenoxy) is 2. The van der Waals surface area contributed by atoms with Gasteiger partial charge in [-0.3, -0.25) is 0 Å². The Morgan fingerprint density at radius 3 is 2.71 bits per heavy atom. The molecule has 1 N–H and O–H groups in total. The van der Waals surface area contributed by atoms with Crippen LogP contribution in [0.15, 0.2) is 30.3 Å². The highest BCUT2D eigenvalue weighted by atomic mass is 35.5. The molecule has 1 saturated heterocycles. The minimum Gasteiger partial charge on any atom is -0.462 e. The number of nitrogens with zero attached hydrogens (tertiary/aromatic N) is 2. The molecule has 0 bridgehead atoms. The van der Waals surface area contributed by atoms with Gasteiger partial charge < -0.3 is 19.4 Å². The second kappa shape index (κ2) is 10.0. The standard InChI is InChI=1S/C25H26Cl2FN3O4/c1-25(2,3)35-24(33)31-9-5-6-14(12-31)13-34-23(32)15-10-17(27)21-19(11-15)29-22(30-21)20-16(26)7-4-8-18(20)28/h4,7-8,10-11,14H,5-6,9,12-13H2,1-3H3,(H,29,30). The summed E-state index contributed by atoms with van der Waals surface area (Å²) in [6.45, 7) is 6.69. The predicted octanol–water partition coefficient (Wildman–Crippen LogP) is 6.48. The van der Waals surface area contributed by atoms with Gasteiger partial charge in [-0.1, -0.05) is 29.3 Å². The molecule has 1 atom stereocenters. The number of rotatable bonds is 4. The number of hydrogen-bond acceptors (Lipinski definition) is 5. The summed E-state index contributed by atoms with van der Waals surface area (Å²) < 4.78 is 25.3. The van der Waals surface area contributed by atoms with Gasteiger partial charge in [-0.05, 0) is 57.9 Å². The maximum atomic E-state index is 14.3. The molecule has 0 radical (unpaired) electrons. The molecular weight excluding hydrogens is 496 g/mol. The summed E-state index contributed by atoms with van der Waals surface area (Å²) in [6, 6.07) is 7.36. The Labute approximate surface area is 212 Å².